The summed E-state index contributed by atoms with van der Waals surface area (Å²) in [6.45, 7) is 1.83. The van der Waals surface area contributed by atoms with Crippen LogP contribution in [0, 0.1) is 17.7 Å². The molecule has 1 saturated carbocycles. The number of aromatic nitrogens is 2. The molecular formula is C9H11FN4. The third-order valence-corrected chi connectivity index (χ3v) is 3.15. The van der Waals surface area contributed by atoms with E-state index in [0.29, 0.717) is 23.8 Å². The summed E-state index contributed by atoms with van der Waals surface area (Å²) in [5.41, 5.74) is 5.81. The molecule has 1 aliphatic carbocycles. The number of fused-ring (bicyclic) bond motifs is 1. The van der Waals surface area contributed by atoms with E-state index in [1.165, 1.54) is 12.4 Å². The molecule has 0 amide bonds. The Hall–Kier alpha value is -1.23. The van der Waals surface area contributed by atoms with E-state index in [1.54, 1.807) is 0 Å². The third kappa shape index (κ3) is 1.09. The van der Waals surface area contributed by atoms with Gasteiger partial charge in [0.05, 0.1) is 12.4 Å². The summed E-state index contributed by atoms with van der Waals surface area (Å²) in [5.74, 6) is 1.42. The van der Waals surface area contributed by atoms with Crippen molar-refractivity contribution in [1.82, 2.24) is 9.97 Å². The lowest BCUT2D eigenvalue weighted by Crippen LogP contribution is -2.29. The summed E-state index contributed by atoms with van der Waals surface area (Å²) in [5, 5.41) is 0. The van der Waals surface area contributed by atoms with Crippen molar-refractivity contribution in [2.24, 2.45) is 17.6 Å². The highest BCUT2D eigenvalue weighted by Gasteiger charge is 2.54. The van der Waals surface area contributed by atoms with E-state index in [1.807, 2.05) is 0 Å². The van der Waals surface area contributed by atoms with Crippen LogP contribution in [0.1, 0.15) is 0 Å². The second-order valence-electron chi connectivity index (χ2n) is 4.01. The lowest BCUT2D eigenvalue weighted by atomic mass is 10.4. The molecule has 5 heteroatoms. The number of anilines is 1. The fourth-order valence-corrected chi connectivity index (χ4v) is 2.20. The maximum atomic E-state index is 12.6. The molecule has 0 spiro atoms. The summed E-state index contributed by atoms with van der Waals surface area (Å²) < 4.78 is 12.6. The molecule has 2 atom stereocenters. The van der Waals surface area contributed by atoms with Crippen LogP contribution in [0.5, 0.6) is 0 Å². The largest absolute Gasteiger partial charge is 0.340 e. The summed E-state index contributed by atoms with van der Waals surface area (Å²) >= 11 is 0. The van der Waals surface area contributed by atoms with E-state index in [-0.39, 0.29) is 0 Å². The van der Waals surface area contributed by atoms with E-state index in [4.69, 9.17) is 5.73 Å². The number of hydrogen-bond donors (Lipinski definition) is 1. The van der Waals surface area contributed by atoms with Gasteiger partial charge in [-0.2, -0.15) is 0 Å². The number of hydrogen-bond acceptors (Lipinski definition) is 4. The minimum Gasteiger partial charge on any atom is -0.340 e. The maximum absolute atomic E-state index is 12.6. The standard InChI is InChI=1S/C9H11FN4/c10-5-1-12-9(13-2-5)14-3-6-7(4-14)8(6)11/h1-2,6-8H,3-4,11H2/t6-,7-/m0/s1. The molecular weight excluding hydrogens is 183 g/mol. The zero-order valence-electron chi connectivity index (χ0n) is 7.60. The van der Waals surface area contributed by atoms with Crippen LogP contribution in [0.2, 0.25) is 0 Å². The van der Waals surface area contributed by atoms with Crippen LogP contribution in [-0.4, -0.2) is 29.1 Å². The molecule has 2 fully saturated rings. The second-order valence-corrected chi connectivity index (χ2v) is 4.01. The minimum atomic E-state index is -0.394. The van der Waals surface area contributed by atoms with E-state index >= 15 is 0 Å². The Labute approximate surface area is 80.9 Å². The van der Waals surface area contributed by atoms with Crippen molar-refractivity contribution in [3.8, 4) is 0 Å². The molecule has 2 N–H and O–H groups in total. The number of rotatable bonds is 1. The SMILES string of the molecule is NC1[C@H]2CN(c3ncc(F)cn3)C[C@H]12. The molecule has 1 aliphatic heterocycles. The molecule has 0 unspecified atom stereocenters. The van der Waals surface area contributed by atoms with Gasteiger partial charge in [0.2, 0.25) is 5.95 Å². The molecule has 1 saturated heterocycles. The highest BCUT2D eigenvalue weighted by atomic mass is 19.1. The molecule has 0 bridgehead atoms. The fraction of sp³-hybridized carbons (Fsp3) is 0.556. The lowest BCUT2D eigenvalue weighted by Gasteiger charge is -2.18. The van der Waals surface area contributed by atoms with Crippen molar-refractivity contribution in [3.63, 3.8) is 0 Å². The van der Waals surface area contributed by atoms with Crippen molar-refractivity contribution in [1.29, 1.82) is 0 Å². The highest BCUT2D eigenvalue weighted by Crippen LogP contribution is 2.44. The van der Waals surface area contributed by atoms with Gasteiger partial charge in [0, 0.05) is 19.1 Å². The van der Waals surface area contributed by atoms with Crippen LogP contribution in [-0.2, 0) is 0 Å². The number of nitrogens with zero attached hydrogens (tertiary/aromatic N) is 3. The average molecular weight is 194 g/mol. The van der Waals surface area contributed by atoms with Crippen molar-refractivity contribution >= 4 is 5.95 Å². The van der Waals surface area contributed by atoms with Gasteiger partial charge in [0.1, 0.15) is 0 Å². The molecule has 0 aromatic carbocycles. The summed E-state index contributed by atoms with van der Waals surface area (Å²) in [6.07, 6.45) is 2.40. The van der Waals surface area contributed by atoms with E-state index < -0.39 is 5.82 Å². The fourth-order valence-electron chi connectivity index (χ4n) is 2.20. The number of piperidine rings is 1. The Bertz CT molecular complexity index is 340. The van der Waals surface area contributed by atoms with Crippen LogP contribution >= 0.6 is 0 Å². The molecule has 74 valence electrons. The second kappa shape index (κ2) is 2.63. The first-order valence-electron chi connectivity index (χ1n) is 4.74. The molecule has 2 heterocycles. The van der Waals surface area contributed by atoms with Gasteiger partial charge in [-0.1, -0.05) is 0 Å². The minimum absolute atomic E-state index is 0.367. The van der Waals surface area contributed by atoms with Crippen LogP contribution in [0.4, 0.5) is 10.3 Å². The van der Waals surface area contributed by atoms with Crippen molar-refractivity contribution < 1.29 is 4.39 Å². The first-order chi connectivity index (χ1) is 6.75. The van der Waals surface area contributed by atoms with E-state index in [2.05, 4.69) is 14.9 Å². The average Bonchev–Trinajstić information content (AvgIpc) is 2.66. The predicted molar refractivity (Wildman–Crippen MR) is 49.2 cm³/mol. The smallest absolute Gasteiger partial charge is 0.225 e. The van der Waals surface area contributed by atoms with Gasteiger partial charge in [-0.3, -0.25) is 0 Å². The van der Waals surface area contributed by atoms with Gasteiger partial charge in [-0.05, 0) is 11.8 Å². The summed E-state index contributed by atoms with van der Waals surface area (Å²) in [4.78, 5) is 9.95. The maximum Gasteiger partial charge on any atom is 0.225 e. The van der Waals surface area contributed by atoms with Crippen LogP contribution < -0.4 is 10.6 Å². The van der Waals surface area contributed by atoms with Crippen molar-refractivity contribution in [2.45, 2.75) is 6.04 Å². The Kier molecular flexibility index (Phi) is 1.53. The van der Waals surface area contributed by atoms with Crippen LogP contribution in [0.15, 0.2) is 12.4 Å². The molecule has 1 aromatic heterocycles. The molecule has 4 nitrogen and oxygen atoms in total. The summed E-state index contributed by atoms with van der Waals surface area (Å²) in [6, 6.07) is 0.367. The zero-order valence-corrected chi connectivity index (χ0v) is 7.60. The third-order valence-electron chi connectivity index (χ3n) is 3.15. The Morgan fingerprint density at radius 2 is 1.86 bits per heavy atom. The lowest BCUT2D eigenvalue weighted by molar-refractivity contribution is 0.610. The van der Waals surface area contributed by atoms with Gasteiger partial charge in [0.25, 0.3) is 0 Å². The molecule has 0 radical (unpaired) electrons. The highest BCUT2D eigenvalue weighted by molar-refractivity contribution is 5.35. The molecule has 1 aromatic rings. The van der Waals surface area contributed by atoms with Crippen LogP contribution in [0.3, 0.4) is 0 Å². The quantitative estimate of drug-likeness (QED) is 0.684. The normalized spacial score (nSPS) is 34.4. The van der Waals surface area contributed by atoms with Crippen molar-refractivity contribution in [2.75, 3.05) is 18.0 Å². The van der Waals surface area contributed by atoms with Gasteiger partial charge in [0.15, 0.2) is 5.82 Å². The van der Waals surface area contributed by atoms with E-state index in [0.717, 1.165) is 13.1 Å². The van der Waals surface area contributed by atoms with Crippen LogP contribution in [0.25, 0.3) is 0 Å². The van der Waals surface area contributed by atoms with Gasteiger partial charge in [-0.15, -0.1) is 0 Å². The van der Waals surface area contributed by atoms with Crippen molar-refractivity contribution in [3.05, 3.63) is 18.2 Å². The molecule has 14 heavy (non-hydrogen) atoms. The molecule has 3 rings (SSSR count). The number of halogens is 1. The van der Waals surface area contributed by atoms with Gasteiger partial charge < -0.3 is 10.6 Å². The van der Waals surface area contributed by atoms with Gasteiger partial charge >= 0.3 is 0 Å². The predicted octanol–water partition coefficient (Wildman–Crippen LogP) is 0.00900. The topological polar surface area (TPSA) is 55.0 Å². The number of nitrogens with two attached hydrogens (primary N) is 1. The Balaban J connectivity index is 1.76. The summed E-state index contributed by atoms with van der Waals surface area (Å²) in [7, 11) is 0. The monoisotopic (exact) mass is 194 g/mol. The first-order valence-corrected chi connectivity index (χ1v) is 4.74. The molecule has 2 aliphatic rings. The first kappa shape index (κ1) is 8.11. The van der Waals surface area contributed by atoms with Gasteiger partial charge in [-0.25, -0.2) is 14.4 Å². The Morgan fingerprint density at radius 3 is 2.43 bits per heavy atom. The zero-order chi connectivity index (χ0) is 9.71. The Morgan fingerprint density at radius 1 is 1.29 bits per heavy atom. The van der Waals surface area contributed by atoms with E-state index in [9.17, 15) is 4.39 Å².